The summed E-state index contributed by atoms with van der Waals surface area (Å²) >= 11 is 0. The van der Waals surface area contributed by atoms with Crippen molar-refractivity contribution < 1.29 is 22.5 Å². The van der Waals surface area contributed by atoms with Gasteiger partial charge in [-0.2, -0.15) is 0 Å². The lowest BCUT2D eigenvalue weighted by atomic mass is 10.4. The van der Waals surface area contributed by atoms with Crippen molar-refractivity contribution in [1.29, 1.82) is 0 Å². The van der Waals surface area contributed by atoms with Crippen LogP contribution >= 0.6 is 0 Å². The molecule has 0 bridgehead atoms. The Kier molecular flexibility index (Phi) is 3.50. The zero-order chi connectivity index (χ0) is 14.2. The number of likely N-dealkylation sites (N-methyl/N-ethyl adjacent to an activating group) is 1. The highest BCUT2D eigenvalue weighted by molar-refractivity contribution is 7.89. The number of amides is 1. The van der Waals surface area contributed by atoms with Gasteiger partial charge in [0.05, 0.1) is 6.54 Å². The molecular formula is C10H15N3O5S. The van der Waals surface area contributed by atoms with Gasteiger partial charge in [-0.25, -0.2) is 17.9 Å². The molecule has 9 heteroatoms. The van der Waals surface area contributed by atoms with Crippen LogP contribution in [0.25, 0.3) is 0 Å². The van der Waals surface area contributed by atoms with E-state index in [-0.39, 0.29) is 17.2 Å². The predicted octanol–water partition coefficient (Wildman–Crippen LogP) is 0.0203. The zero-order valence-electron chi connectivity index (χ0n) is 10.8. The molecule has 1 atom stereocenters. The standard InChI is InChI=1S/C10H15N3O5S/c1-6-9(7(2)18-12-6)19(15,16)11-4-8-5-13(3)10(14)17-8/h8,11H,4-5H2,1-3H3. The van der Waals surface area contributed by atoms with Gasteiger partial charge in [0.1, 0.15) is 16.7 Å². The van der Waals surface area contributed by atoms with E-state index in [9.17, 15) is 13.2 Å². The summed E-state index contributed by atoms with van der Waals surface area (Å²) in [6, 6.07) is 0. The lowest BCUT2D eigenvalue weighted by molar-refractivity contribution is 0.135. The van der Waals surface area contributed by atoms with Crippen molar-refractivity contribution >= 4 is 16.1 Å². The Morgan fingerprint density at radius 3 is 2.63 bits per heavy atom. The molecule has 2 rings (SSSR count). The quantitative estimate of drug-likeness (QED) is 0.838. The van der Waals surface area contributed by atoms with Crippen LogP contribution in [0.4, 0.5) is 4.79 Å². The summed E-state index contributed by atoms with van der Waals surface area (Å²) in [6.07, 6.45) is -0.950. The molecule has 1 N–H and O–H groups in total. The monoisotopic (exact) mass is 289 g/mol. The van der Waals surface area contributed by atoms with E-state index in [4.69, 9.17) is 9.26 Å². The largest absolute Gasteiger partial charge is 0.443 e. The number of hydrogen-bond donors (Lipinski definition) is 1. The summed E-state index contributed by atoms with van der Waals surface area (Å²) in [5.74, 6) is 0.227. The Balaban J connectivity index is 2.05. The molecule has 1 amide bonds. The first-order chi connectivity index (χ1) is 8.81. The van der Waals surface area contributed by atoms with E-state index in [1.54, 1.807) is 14.0 Å². The van der Waals surface area contributed by atoms with Crippen molar-refractivity contribution in [1.82, 2.24) is 14.8 Å². The molecule has 0 spiro atoms. The fourth-order valence-electron chi connectivity index (χ4n) is 1.89. The lowest BCUT2D eigenvalue weighted by Gasteiger charge is -2.10. The predicted molar refractivity (Wildman–Crippen MR) is 64.1 cm³/mol. The topological polar surface area (TPSA) is 102 Å². The average Bonchev–Trinajstić information content (AvgIpc) is 2.81. The third kappa shape index (κ3) is 2.71. The number of ether oxygens (including phenoxy) is 1. The van der Waals surface area contributed by atoms with E-state index >= 15 is 0 Å². The molecule has 8 nitrogen and oxygen atoms in total. The third-order valence-electron chi connectivity index (χ3n) is 2.79. The van der Waals surface area contributed by atoms with E-state index < -0.39 is 22.2 Å². The summed E-state index contributed by atoms with van der Waals surface area (Å²) in [6.45, 7) is 3.44. The first-order valence-corrected chi connectivity index (χ1v) is 7.14. The molecule has 1 aromatic rings. The van der Waals surface area contributed by atoms with Gasteiger partial charge in [0, 0.05) is 13.6 Å². The fourth-order valence-corrected chi connectivity index (χ4v) is 3.28. The van der Waals surface area contributed by atoms with Crippen LogP contribution in [0.2, 0.25) is 0 Å². The van der Waals surface area contributed by atoms with Gasteiger partial charge in [0.15, 0.2) is 5.76 Å². The minimum atomic E-state index is -3.72. The molecule has 1 aromatic heterocycles. The van der Waals surface area contributed by atoms with Gasteiger partial charge in [-0.3, -0.25) is 0 Å². The highest BCUT2D eigenvalue weighted by Crippen LogP contribution is 2.18. The second-order valence-electron chi connectivity index (χ2n) is 4.39. The number of hydrogen-bond acceptors (Lipinski definition) is 6. The Labute approximate surface area is 110 Å². The molecule has 0 aliphatic carbocycles. The minimum Gasteiger partial charge on any atom is -0.443 e. The summed E-state index contributed by atoms with van der Waals surface area (Å²) in [5, 5.41) is 3.60. The minimum absolute atomic E-state index is 0.0163. The normalized spacial score (nSPS) is 19.8. The number of carbonyl (C=O) groups excluding carboxylic acids is 1. The first-order valence-electron chi connectivity index (χ1n) is 5.65. The van der Waals surface area contributed by atoms with Crippen molar-refractivity contribution in [2.45, 2.75) is 24.8 Å². The van der Waals surface area contributed by atoms with Gasteiger partial charge in [0.2, 0.25) is 10.0 Å². The van der Waals surface area contributed by atoms with E-state index in [1.807, 2.05) is 0 Å². The summed E-state index contributed by atoms with van der Waals surface area (Å²) < 4.78 is 36.4. The summed E-state index contributed by atoms with van der Waals surface area (Å²) in [7, 11) is -2.13. The molecule has 19 heavy (non-hydrogen) atoms. The number of nitrogens with zero attached hydrogens (tertiary/aromatic N) is 2. The number of nitrogens with one attached hydrogen (secondary N) is 1. The molecule has 1 aliphatic rings. The maximum Gasteiger partial charge on any atom is 0.410 e. The Morgan fingerprint density at radius 2 is 2.16 bits per heavy atom. The molecule has 1 saturated heterocycles. The van der Waals surface area contributed by atoms with E-state index in [1.165, 1.54) is 11.8 Å². The number of sulfonamides is 1. The molecular weight excluding hydrogens is 274 g/mol. The van der Waals surface area contributed by atoms with Crippen LogP contribution in [0.15, 0.2) is 9.42 Å². The van der Waals surface area contributed by atoms with Crippen molar-refractivity contribution in [3.8, 4) is 0 Å². The summed E-state index contributed by atoms with van der Waals surface area (Å²) in [5.41, 5.74) is 0.297. The van der Waals surface area contributed by atoms with Crippen molar-refractivity contribution in [2.24, 2.45) is 0 Å². The van der Waals surface area contributed by atoms with Crippen LogP contribution < -0.4 is 4.72 Å². The van der Waals surface area contributed by atoms with Gasteiger partial charge in [-0.1, -0.05) is 5.16 Å². The molecule has 1 fully saturated rings. The van der Waals surface area contributed by atoms with Crippen LogP contribution in [-0.4, -0.2) is 50.8 Å². The van der Waals surface area contributed by atoms with Crippen molar-refractivity contribution in [3.05, 3.63) is 11.5 Å². The second-order valence-corrected chi connectivity index (χ2v) is 6.10. The van der Waals surface area contributed by atoms with Gasteiger partial charge in [0.25, 0.3) is 0 Å². The van der Waals surface area contributed by atoms with Crippen LogP contribution in [0.5, 0.6) is 0 Å². The van der Waals surface area contributed by atoms with E-state index in [2.05, 4.69) is 9.88 Å². The molecule has 0 radical (unpaired) electrons. The maximum atomic E-state index is 12.1. The number of aryl methyl sites for hydroxylation is 2. The van der Waals surface area contributed by atoms with Gasteiger partial charge in [-0.05, 0) is 13.8 Å². The Morgan fingerprint density at radius 1 is 1.47 bits per heavy atom. The highest BCUT2D eigenvalue weighted by Gasteiger charge is 2.31. The molecule has 1 unspecified atom stereocenters. The van der Waals surface area contributed by atoms with Crippen LogP contribution in [-0.2, 0) is 14.8 Å². The zero-order valence-corrected chi connectivity index (χ0v) is 11.7. The van der Waals surface area contributed by atoms with Crippen LogP contribution in [0.3, 0.4) is 0 Å². The average molecular weight is 289 g/mol. The molecule has 1 aliphatic heterocycles. The number of rotatable bonds is 4. The molecule has 106 valence electrons. The second kappa shape index (κ2) is 4.82. The van der Waals surface area contributed by atoms with Crippen LogP contribution in [0.1, 0.15) is 11.5 Å². The highest BCUT2D eigenvalue weighted by atomic mass is 32.2. The molecule has 2 heterocycles. The van der Waals surface area contributed by atoms with E-state index in [0.29, 0.717) is 12.2 Å². The summed E-state index contributed by atoms with van der Waals surface area (Å²) in [4.78, 5) is 12.6. The maximum absolute atomic E-state index is 12.1. The molecule has 0 saturated carbocycles. The number of carbonyl (C=O) groups is 1. The SMILES string of the molecule is Cc1noc(C)c1S(=O)(=O)NCC1CN(C)C(=O)O1. The Bertz CT molecular complexity index is 575. The van der Waals surface area contributed by atoms with Gasteiger partial charge >= 0.3 is 6.09 Å². The Hall–Kier alpha value is -1.61. The third-order valence-corrected chi connectivity index (χ3v) is 4.46. The first kappa shape index (κ1) is 13.8. The number of cyclic esters (lactones) is 1. The smallest absolute Gasteiger partial charge is 0.410 e. The van der Waals surface area contributed by atoms with E-state index in [0.717, 1.165) is 0 Å². The van der Waals surface area contributed by atoms with Crippen molar-refractivity contribution in [2.75, 3.05) is 20.1 Å². The van der Waals surface area contributed by atoms with Gasteiger partial charge in [-0.15, -0.1) is 0 Å². The fraction of sp³-hybridized carbons (Fsp3) is 0.600. The number of aromatic nitrogens is 1. The van der Waals surface area contributed by atoms with Crippen LogP contribution in [0, 0.1) is 13.8 Å². The molecule has 0 aromatic carbocycles. The lowest BCUT2D eigenvalue weighted by Crippen LogP contribution is -2.34. The van der Waals surface area contributed by atoms with Crippen molar-refractivity contribution in [3.63, 3.8) is 0 Å². The van der Waals surface area contributed by atoms with Gasteiger partial charge < -0.3 is 14.2 Å².